The van der Waals surface area contributed by atoms with Crippen molar-refractivity contribution in [2.24, 2.45) is 16.6 Å². The molecule has 2 bridgehead atoms. The molecule has 1 aromatic carbocycles. The number of nitrogens with zero attached hydrogens (tertiary/aromatic N) is 3. The number of likely N-dealkylation sites (tertiary alicyclic amines) is 1. The lowest BCUT2D eigenvalue weighted by molar-refractivity contribution is -0.219. The maximum Gasteiger partial charge on any atom is 0.490 e. The Kier molecular flexibility index (Phi) is 5.27. The van der Waals surface area contributed by atoms with E-state index in [0.717, 1.165) is 5.52 Å². The number of aromatic nitrogens is 2. The minimum atomic E-state index is -5.06. The van der Waals surface area contributed by atoms with Gasteiger partial charge in [-0.15, -0.1) is 0 Å². The summed E-state index contributed by atoms with van der Waals surface area (Å²) < 4.78 is 45.5. The topological polar surface area (TPSA) is 90.5 Å². The van der Waals surface area contributed by atoms with Crippen LogP contribution in [0.2, 0.25) is 0 Å². The molecule has 7 nitrogen and oxygen atoms in total. The predicted molar refractivity (Wildman–Crippen MR) is 111 cm³/mol. The zero-order chi connectivity index (χ0) is 23.5. The van der Waals surface area contributed by atoms with Crippen LogP contribution in [0.1, 0.15) is 44.0 Å². The van der Waals surface area contributed by atoms with Crippen molar-refractivity contribution in [3.63, 3.8) is 0 Å². The van der Waals surface area contributed by atoms with Crippen molar-refractivity contribution in [3.8, 4) is 0 Å². The fourth-order valence-corrected chi connectivity index (χ4v) is 5.65. The first-order valence-corrected chi connectivity index (χ1v) is 10.6. The Hall–Kier alpha value is -2.62. The molecule has 3 unspecified atom stereocenters. The molecule has 2 aliphatic rings. The molecule has 1 saturated carbocycles. The summed E-state index contributed by atoms with van der Waals surface area (Å²) in [5, 5.41) is 0. The minimum absolute atomic E-state index is 0.145. The van der Waals surface area contributed by atoms with Crippen molar-refractivity contribution >= 4 is 22.9 Å². The van der Waals surface area contributed by atoms with E-state index < -0.39 is 29.1 Å². The fourth-order valence-electron chi connectivity index (χ4n) is 5.65. The minimum Gasteiger partial charge on any atom is -0.454 e. The zero-order valence-corrected chi connectivity index (χ0v) is 18.3. The first-order valence-electron chi connectivity index (χ1n) is 10.6. The lowest BCUT2D eigenvalue weighted by Gasteiger charge is -2.46. The van der Waals surface area contributed by atoms with Gasteiger partial charge >= 0.3 is 12.1 Å². The molecule has 10 heteroatoms. The number of esters is 1. The highest BCUT2D eigenvalue weighted by molar-refractivity contribution is 5.97. The van der Waals surface area contributed by atoms with E-state index >= 15 is 0 Å². The molecule has 2 heterocycles. The highest BCUT2D eigenvalue weighted by Crippen LogP contribution is 2.54. The fraction of sp³-hybridized carbons (Fsp3) is 0.591. The molecule has 0 radical (unpaired) electrons. The van der Waals surface area contributed by atoms with E-state index in [0.29, 0.717) is 37.0 Å². The number of nitrogens with two attached hydrogens (primary N) is 1. The van der Waals surface area contributed by atoms with Gasteiger partial charge in [0, 0.05) is 42.1 Å². The second-order valence-electron chi connectivity index (χ2n) is 9.85. The van der Waals surface area contributed by atoms with Crippen molar-refractivity contribution in [1.82, 2.24) is 14.5 Å². The maximum absolute atomic E-state index is 13.4. The third-order valence-electron chi connectivity index (χ3n) is 6.73. The number of rotatable bonds is 4. The van der Waals surface area contributed by atoms with Gasteiger partial charge in [-0.1, -0.05) is 20.8 Å². The first kappa shape index (κ1) is 22.6. The molecule has 2 N–H and O–H groups in total. The van der Waals surface area contributed by atoms with Crippen LogP contribution in [-0.4, -0.2) is 57.7 Å². The molecule has 1 aliphatic heterocycles. The number of carbonyl (C=O) groups excluding carboxylic acids is 2. The molecule has 4 rings (SSSR count). The monoisotopic (exact) mass is 452 g/mol. The smallest absolute Gasteiger partial charge is 0.454 e. The summed E-state index contributed by atoms with van der Waals surface area (Å²) in [7, 11) is 0. The molecular weight excluding hydrogens is 425 g/mol. The Morgan fingerprint density at radius 2 is 1.97 bits per heavy atom. The molecule has 174 valence electrons. The van der Waals surface area contributed by atoms with Crippen molar-refractivity contribution in [2.45, 2.75) is 58.5 Å². The van der Waals surface area contributed by atoms with Gasteiger partial charge in [0.05, 0.1) is 17.4 Å². The average molecular weight is 452 g/mol. The molecule has 3 atom stereocenters. The van der Waals surface area contributed by atoms with Crippen LogP contribution in [0.15, 0.2) is 24.5 Å². The highest BCUT2D eigenvalue weighted by atomic mass is 19.4. The molecule has 1 saturated heterocycles. The third-order valence-corrected chi connectivity index (χ3v) is 6.73. The van der Waals surface area contributed by atoms with Gasteiger partial charge in [-0.2, -0.15) is 13.2 Å². The lowest BCUT2D eigenvalue weighted by Crippen LogP contribution is -2.51. The second kappa shape index (κ2) is 7.47. The van der Waals surface area contributed by atoms with E-state index in [1.165, 1.54) is 0 Å². The van der Waals surface area contributed by atoms with Gasteiger partial charge in [0.1, 0.15) is 6.10 Å². The summed E-state index contributed by atoms with van der Waals surface area (Å²) in [5.74, 6) is -2.38. The van der Waals surface area contributed by atoms with Gasteiger partial charge < -0.3 is 19.9 Å². The molecule has 0 spiro atoms. The van der Waals surface area contributed by atoms with E-state index in [9.17, 15) is 22.8 Å². The van der Waals surface area contributed by atoms with Gasteiger partial charge in [-0.3, -0.25) is 4.79 Å². The zero-order valence-electron chi connectivity index (χ0n) is 18.3. The van der Waals surface area contributed by atoms with Crippen molar-refractivity contribution in [2.75, 3.05) is 13.1 Å². The molecule has 2 aromatic rings. The lowest BCUT2D eigenvalue weighted by atomic mass is 9.62. The van der Waals surface area contributed by atoms with Crippen LogP contribution >= 0.6 is 0 Å². The van der Waals surface area contributed by atoms with Crippen molar-refractivity contribution in [3.05, 3.63) is 30.1 Å². The molecule has 1 aromatic heterocycles. The van der Waals surface area contributed by atoms with E-state index in [4.69, 9.17) is 10.5 Å². The summed E-state index contributed by atoms with van der Waals surface area (Å²) in [6, 6.07) is 5.14. The Morgan fingerprint density at radius 3 is 2.62 bits per heavy atom. The number of benzene rings is 1. The Balaban J connectivity index is 1.59. The van der Waals surface area contributed by atoms with Crippen LogP contribution in [0.4, 0.5) is 13.2 Å². The van der Waals surface area contributed by atoms with E-state index in [1.807, 2.05) is 10.6 Å². The summed E-state index contributed by atoms with van der Waals surface area (Å²) in [6.45, 7) is 6.67. The van der Waals surface area contributed by atoms with Crippen LogP contribution in [0.3, 0.4) is 0 Å². The van der Waals surface area contributed by atoms with Gasteiger partial charge in [0.25, 0.3) is 5.91 Å². The maximum atomic E-state index is 13.4. The standard InChI is InChI=1S/C22H27F3N4O3/c1-20(2)9-14-10-21(3,18(20)32-19(31)22(23,24)25)11-29(14)17(30)13-4-5-16-15(8-13)27-12-28(16)7-6-26/h4-5,8,12,14,18H,6-7,9-11,26H2,1-3H3. The number of carbonyl (C=O) groups is 2. The van der Waals surface area contributed by atoms with Crippen LogP contribution in [0.25, 0.3) is 11.0 Å². The highest BCUT2D eigenvalue weighted by Gasteiger charge is 2.60. The Bertz CT molecular complexity index is 1060. The summed E-state index contributed by atoms with van der Waals surface area (Å²) in [4.78, 5) is 31.1. The van der Waals surface area contributed by atoms with Gasteiger partial charge in [-0.25, -0.2) is 9.78 Å². The van der Waals surface area contributed by atoms with Crippen LogP contribution < -0.4 is 5.73 Å². The molecule has 1 aliphatic carbocycles. The van der Waals surface area contributed by atoms with Crippen LogP contribution in [0.5, 0.6) is 0 Å². The first-order chi connectivity index (χ1) is 14.9. The van der Waals surface area contributed by atoms with Gasteiger partial charge in [0.2, 0.25) is 0 Å². The number of hydrogen-bond acceptors (Lipinski definition) is 5. The van der Waals surface area contributed by atoms with E-state index in [1.54, 1.807) is 44.1 Å². The number of ether oxygens (including phenoxy) is 1. The van der Waals surface area contributed by atoms with Crippen LogP contribution in [0, 0.1) is 10.8 Å². The number of alkyl halides is 3. The largest absolute Gasteiger partial charge is 0.490 e. The SMILES string of the molecule is CC1(C)CC2CC(C)(CN2C(=O)c2ccc3c(c2)ncn3CCN)C1OC(=O)C(F)(F)F. The number of hydrogen-bond donors (Lipinski definition) is 1. The third kappa shape index (κ3) is 3.74. The van der Waals surface area contributed by atoms with E-state index in [-0.39, 0.29) is 18.5 Å². The Labute approximate surface area is 183 Å². The van der Waals surface area contributed by atoms with Crippen molar-refractivity contribution < 1.29 is 27.5 Å². The molecule has 1 amide bonds. The summed E-state index contributed by atoms with van der Waals surface area (Å²) >= 11 is 0. The van der Waals surface area contributed by atoms with Crippen LogP contribution in [-0.2, 0) is 16.1 Å². The summed E-state index contributed by atoms with van der Waals surface area (Å²) in [5.41, 5.74) is 6.16. The van der Waals surface area contributed by atoms with Gasteiger partial charge in [-0.05, 0) is 31.0 Å². The number of imidazole rings is 1. The second-order valence-corrected chi connectivity index (χ2v) is 9.85. The van der Waals surface area contributed by atoms with Crippen molar-refractivity contribution in [1.29, 1.82) is 0 Å². The quantitative estimate of drug-likeness (QED) is 0.720. The molecular formula is C22H27F3N4O3. The number of halogens is 3. The summed E-state index contributed by atoms with van der Waals surface area (Å²) in [6.07, 6.45) is -3.41. The predicted octanol–water partition coefficient (Wildman–Crippen LogP) is 3.12. The van der Waals surface area contributed by atoms with Gasteiger partial charge in [0.15, 0.2) is 0 Å². The number of fused-ring (bicyclic) bond motifs is 3. The normalized spacial score (nSPS) is 27.0. The molecule has 2 fully saturated rings. The number of amides is 1. The Morgan fingerprint density at radius 1 is 1.25 bits per heavy atom. The molecule has 32 heavy (non-hydrogen) atoms. The average Bonchev–Trinajstić information content (AvgIpc) is 3.22. The van der Waals surface area contributed by atoms with E-state index in [2.05, 4.69) is 4.98 Å².